The molecule has 0 N–H and O–H groups in total. The van der Waals surface area contributed by atoms with Gasteiger partial charge in [-0.25, -0.2) is 0 Å². The second-order valence-corrected chi connectivity index (χ2v) is 7.66. The van der Waals surface area contributed by atoms with E-state index >= 15 is 0 Å². The van der Waals surface area contributed by atoms with Crippen LogP contribution in [0.5, 0.6) is 0 Å². The molecule has 1 aromatic carbocycles. The number of rotatable bonds is 18. The van der Waals surface area contributed by atoms with Crippen LogP contribution in [0.15, 0.2) is 30.3 Å². The fourth-order valence-corrected chi connectivity index (χ4v) is 3.17. The molecule has 0 atom stereocenters. The van der Waals surface area contributed by atoms with Gasteiger partial charge in [-0.2, -0.15) is 0 Å². The standard InChI is InChI=1S/C24H42O2/c1-23(2)26-22-16-21-25-20-15-10-8-6-4-3-5-7-9-12-17-24-18-13-11-14-19-24/h11,13-14,18-19,23H,3-10,12,15-17,20-22H2,1-2H3. The predicted molar refractivity (Wildman–Crippen MR) is 113 cm³/mol. The Balaban J connectivity index is 1.70. The average molecular weight is 363 g/mol. The fraction of sp³-hybridized carbons (Fsp3) is 0.750. The number of unbranched alkanes of at least 4 members (excludes halogenated alkanes) is 9. The van der Waals surface area contributed by atoms with E-state index in [2.05, 4.69) is 44.2 Å². The van der Waals surface area contributed by atoms with Crippen molar-refractivity contribution in [3.63, 3.8) is 0 Å². The van der Waals surface area contributed by atoms with Crippen molar-refractivity contribution in [2.24, 2.45) is 0 Å². The molecule has 0 aliphatic carbocycles. The molecule has 0 aromatic heterocycles. The Morgan fingerprint density at radius 3 is 1.77 bits per heavy atom. The van der Waals surface area contributed by atoms with E-state index in [1.54, 1.807) is 0 Å². The predicted octanol–water partition coefficient (Wildman–Crippen LogP) is 6.96. The van der Waals surface area contributed by atoms with Crippen LogP contribution in [0.25, 0.3) is 0 Å². The molecular formula is C24H42O2. The number of hydrogen-bond donors (Lipinski definition) is 0. The summed E-state index contributed by atoms with van der Waals surface area (Å²) in [4.78, 5) is 0. The highest BCUT2D eigenvalue weighted by atomic mass is 16.5. The van der Waals surface area contributed by atoms with Crippen LogP contribution in [0.2, 0.25) is 0 Å². The lowest BCUT2D eigenvalue weighted by Gasteiger charge is -2.07. The summed E-state index contributed by atoms with van der Waals surface area (Å²) in [6.07, 6.45) is 16.3. The van der Waals surface area contributed by atoms with Crippen molar-refractivity contribution in [3.8, 4) is 0 Å². The maximum Gasteiger partial charge on any atom is 0.0518 e. The van der Waals surface area contributed by atoms with Crippen LogP contribution in [0.3, 0.4) is 0 Å². The zero-order valence-corrected chi connectivity index (χ0v) is 17.4. The van der Waals surface area contributed by atoms with E-state index in [9.17, 15) is 0 Å². The first-order chi connectivity index (χ1) is 12.8. The molecule has 0 saturated heterocycles. The molecule has 2 nitrogen and oxygen atoms in total. The molecule has 0 spiro atoms. The van der Waals surface area contributed by atoms with Crippen molar-refractivity contribution in [1.29, 1.82) is 0 Å². The molecule has 1 aromatic rings. The van der Waals surface area contributed by atoms with Crippen LogP contribution in [0, 0.1) is 0 Å². The second-order valence-electron chi connectivity index (χ2n) is 7.66. The Kier molecular flexibility index (Phi) is 15.6. The first-order valence-corrected chi connectivity index (χ1v) is 11.0. The lowest BCUT2D eigenvalue weighted by molar-refractivity contribution is 0.0507. The van der Waals surface area contributed by atoms with Gasteiger partial charge < -0.3 is 9.47 Å². The van der Waals surface area contributed by atoms with Crippen molar-refractivity contribution >= 4 is 0 Å². The Hall–Kier alpha value is -0.860. The molecule has 0 saturated carbocycles. The van der Waals surface area contributed by atoms with Crippen LogP contribution >= 0.6 is 0 Å². The molecule has 2 heteroatoms. The highest BCUT2D eigenvalue weighted by Crippen LogP contribution is 2.12. The molecule has 0 fully saturated rings. The number of hydrogen-bond acceptors (Lipinski definition) is 2. The highest BCUT2D eigenvalue weighted by molar-refractivity contribution is 5.14. The van der Waals surface area contributed by atoms with Gasteiger partial charge in [0.1, 0.15) is 0 Å². The second kappa shape index (κ2) is 17.5. The van der Waals surface area contributed by atoms with Crippen LogP contribution < -0.4 is 0 Å². The Bertz CT molecular complexity index is 388. The summed E-state index contributed by atoms with van der Waals surface area (Å²) in [6.45, 7) is 6.74. The third kappa shape index (κ3) is 15.4. The third-order valence-electron chi connectivity index (χ3n) is 4.73. The van der Waals surface area contributed by atoms with Gasteiger partial charge in [0, 0.05) is 19.8 Å². The molecule has 26 heavy (non-hydrogen) atoms. The molecule has 0 aliphatic heterocycles. The summed E-state index contributed by atoms with van der Waals surface area (Å²) in [6, 6.07) is 10.9. The fourth-order valence-electron chi connectivity index (χ4n) is 3.17. The van der Waals surface area contributed by atoms with Gasteiger partial charge in [-0.15, -0.1) is 0 Å². The van der Waals surface area contributed by atoms with E-state index in [1.165, 1.54) is 76.2 Å². The molecule has 0 heterocycles. The minimum Gasteiger partial charge on any atom is -0.381 e. The van der Waals surface area contributed by atoms with E-state index in [-0.39, 0.29) is 0 Å². The number of aryl methyl sites for hydroxylation is 1. The van der Waals surface area contributed by atoms with Gasteiger partial charge in [0.2, 0.25) is 0 Å². The van der Waals surface area contributed by atoms with Crippen molar-refractivity contribution in [1.82, 2.24) is 0 Å². The highest BCUT2D eigenvalue weighted by Gasteiger charge is 1.96. The van der Waals surface area contributed by atoms with Crippen LogP contribution in [0.4, 0.5) is 0 Å². The smallest absolute Gasteiger partial charge is 0.0518 e. The lowest BCUT2D eigenvalue weighted by atomic mass is 10.0. The maximum atomic E-state index is 5.65. The van der Waals surface area contributed by atoms with E-state index in [0.717, 1.165) is 26.2 Å². The summed E-state index contributed by atoms with van der Waals surface area (Å²) in [5.74, 6) is 0. The zero-order chi connectivity index (χ0) is 18.7. The summed E-state index contributed by atoms with van der Waals surface area (Å²) in [5, 5.41) is 0. The molecule has 0 amide bonds. The van der Waals surface area contributed by atoms with E-state index < -0.39 is 0 Å². The molecule has 0 aliphatic rings. The lowest BCUT2D eigenvalue weighted by Crippen LogP contribution is -2.07. The number of ether oxygens (including phenoxy) is 2. The monoisotopic (exact) mass is 362 g/mol. The Morgan fingerprint density at radius 2 is 1.15 bits per heavy atom. The summed E-state index contributed by atoms with van der Waals surface area (Å²) >= 11 is 0. The summed E-state index contributed by atoms with van der Waals surface area (Å²) in [7, 11) is 0. The normalized spacial score (nSPS) is 11.3. The van der Waals surface area contributed by atoms with Gasteiger partial charge in [-0.3, -0.25) is 0 Å². The molecule has 1 rings (SSSR count). The van der Waals surface area contributed by atoms with Gasteiger partial charge in [0.05, 0.1) is 6.10 Å². The SMILES string of the molecule is CC(C)OCCCOCCCCCCCCCCCCc1ccccc1. The first-order valence-electron chi connectivity index (χ1n) is 11.0. The molecule has 150 valence electrons. The summed E-state index contributed by atoms with van der Waals surface area (Å²) < 4.78 is 11.1. The van der Waals surface area contributed by atoms with E-state index in [4.69, 9.17) is 9.47 Å². The quantitative estimate of drug-likeness (QED) is 0.263. The molecule has 0 bridgehead atoms. The van der Waals surface area contributed by atoms with Crippen LogP contribution in [0.1, 0.15) is 90.0 Å². The summed E-state index contributed by atoms with van der Waals surface area (Å²) in [5.41, 5.74) is 1.49. The third-order valence-corrected chi connectivity index (χ3v) is 4.73. The van der Waals surface area contributed by atoms with E-state index in [1.807, 2.05) is 0 Å². The van der Waals surface area contributed by atoms with Gasteiger partial charge in [0.25, 0.3) is 0 Å². The van der Waals surface area contributed by atoms with Crippen molar-refractivity contribution < 1.29 is 9.47 Å². The average Bonchev–Trinajstić information content (AvgIpc) is 2.65. The molecule has 0 radical (unpaired) electrons. The van der Waals surface area contributed by atoms with Gasteiger partial charge in [-0.05, 0) is 45.1 Å². The minimum absolute atomic E-state index is 0.337. The van der Waals surface area contributed by atoms with Crippen LogP contribution in [-0.2, 0) is 15.9 Å². The Morgan fingerprint density at radius 1 is 0.615 bits per heavy atom. The number of benzene rings is 1. The van der Waals surface area contributed by atoms with Crippen molar-refractivity contribution in [2.45, 2.75) is 97.0 Å². The first kappa shape index (κ1) is 23.2. The largest absolute Gasteiger partial charge is 0.381 e. The molecular weight excluding hydrogens is 320 g/mol. The van der Waals surface area contributed by atoms with Crippen molar-refractivity contribution in [2.75, 3.05) is 19.8 Å². The molecule has 0 unspecified atom stereocenters. The van der Waals surface area contributed by atoms with Gasteiger partial charge >= 0.3 is 0 Å². The Labute approximate surface area is 162 Å². The minimum atomic E-state index is 0.337. The maximum absolute atomic E-state index is 5.65. The van der Waals surface area contributed by atoms with Crippen molar-refractivity contribution in [3.05, 3.63) is 35.9 Å². The zero-order valence-electron chi connectivity index (χ0n) is 17.4. The van der Waals surface area contributed by atoms with Gasteiger partial charge in [0.15, 0.2) is 0 Å². The topological polar surface area (TPSA) is 18.5 Å². The van der Waals surface area contributed by atoms with Gasteiger partial charge in [-0.1, -0.05) is 81.7 Å². The van der Waals surface area contributed by atoms with E-state index in [0.29, 0.717) is 6.10 Å². The van der Waals surface area contributed by atoms with Crippen LogP contribution in [-0.4, -0.2) is 25.9 Å².